The van der Waals surface area contributed by atoms with E-state index >= 15 is 0 Å². The minimum atomic E-state index is -2.06. The maximum atomic E-state index is 13.3. The molecule has 0 fully saturated rings. The summed E-state index contributed by atoms with van der Waals surface area (Å²) in [5, 5.41) is 31.0. The fraction of sp³-hybridized carbons (Fsp3) is 0.167. The molecule has 0 saturated heterocycles. The van der Waals surface area contributed by atoms with E-state index in [4.69, 9.17) is 0 Å². The Labute approximate surface area is 173 Å². The van der Waals surface area contributed by atoms with Crippen molar-refractivity contribution in [2.45, 2.75) is 25.5 Å². The number of carbonyl (C=O) groups is 2. The molecular weight excluding hydrogens is 382 g/mol. The van der Waals surface area contributed by atoms with Crippen molar-refractivity contribution >= 4 is 17.4 Å². The van der Waals surface area contributed by atoms with Crippen LogP contribution >= 0.6 is 0 Å². The number of anilines is 1. The average Bonchev–Trinajstić information content (AvgIpc) is 2.93. The molecular formula is C24H21NO5. The van der Waals surface area contributed by atoms with Gasteiger partial charge in [0.25, 0.3) is 5.91 Å². The van der Waals surface area contributed by atoms with Crippen LogP contribution in [0, 0.1) is 6.92 Å². The Morgan fingerprint density at radius 3 is 2.47 bits per heavy atom. The van der Waals surface area contributed by atoms with E-state index in [9.17, 15) is 24.9 Å². The maximum absolute atomic E-state index is 13.3. The van der Waals surface area contributed by atoms with Crippen molar-refractivity contribution in [3.8, 4) is 11.5 Å². The molecule has 6 nitrogen and oxygen atoms in total. The number of aliphatic hydroxyl groups is 1. The lowest BCUT2D eigenvalue weighted by molar-refractivity contribution is -0.136. The summed E-state index contributed by atoms with van der Waals surface area (Å²) in [5.74, 6) is -1.76. The van der Waals surface area contributed by atoms with Gasteiger partial charge in [0.15, 0.2) is 11.4 Å². The van der Waals surface area contributed by atoms with Gasteiger partial charge in [-0.3, -0.25) is 9.59 Å². The van der Waals surface area contributed by atoms with Crippen molar-refractivity contribution in [1.29, 1.82) is 0 Å². The molecule has 0 bridgehead atoms. The maximum Gasteiger partial charge on any atom is 0.264 e. The van der Waals surface area contributed by atoms with Gasteiger partial charge in [0.2, 0.25) is 0 Å². The number of phenolic OH excluding ortho intramolecular Hbond substituents is 2. The number of carbonyl (C=O) groups excluding carboxylic acids is 2. The van der Waals surface area contributed by atoms with Crippen LogP contribution in [0.25, 0.3) is 0 Å². The van der Waals surface area contributed by atoms with Crippen LogP contribution in [0.1, 0.15) is 33.5 Å². The Bertz CT molecular complexity index is 1160. The van der Waals surface area contributed by atoms with Crippen LogP contribution in [0.2, 0.25) is 0 Å². The average molecular weight is 403 g/mol. The third-order valence-electron chi connectivity index (χ3n) is 5.53. The van der Waals surface area contributed by atoms with Crippen LogP contribution in [0.4, 0.5) is 5.69 Å². The van der Waals surface area contributed by atoms with E-state index in [0.29, 0.717) is 11.3 Å². The minimum absolute atomic E-state index is 0.147. The van der Waals surface area contributed by atoms with Gasteiger partial charge < -0.3 is 20.2 Å². The van der Waals surface area contributed by atoms with Crippen LogP contribution in [-0.2, 0) is 16.9 Å². The van der Waals surface area contributed by atoms with Gasteiger partial charge in [0, 0.05) is 5.56 Å². The fourth-order valence-electron chi connectivity index (χ4n) is 3.87. The molecule has 1 amide bonds. The first kappa shape index (κ1) is 19.7. The van der Waals surface area contributed by atoms with Gasteiger partial charge in [-0.1, -0.05) is 42.5 Å². The molecule has 0 radical (unpaired) electrons. The van der Waals surface area contributed by atoms with Crippen LogP contribution in [-0.4, -0.2) is 27.0 Å². The van der Waals surface area contributed by atoms with Gasteiger partial charge in [-0.05, 0) is 42.3 Å². The molecule has 0 unspecified atom stereocenters. The lowest BCUT2D eigenvalue weighted by Crippen LogP contribution is -2.41. The Kier molecular flexibility index (Phi) is 4.79. The number of aromatic hydroxyl groups is 2. The molecule has 30 heavy (non-hydrogen) atoms. The number of rotatable bonds is 5. The van der Waals surface area contributed by atoms with Gasteiger partial charge in [0.1, 0.15) is 11.5 Å². The van der Waals surface area contributed by atoms with Crippen molar-refractivity contribution in [2.75, 3.05) is 4.90 Å². The highest BCUT2D eigenvalue weighted by atomic mass is 16.3. The molecule has 1 aliphatic rings. The van der Waals surface area contributed by atoms with E-state index in [1.807, 2.05) is 31.2 Å². The molecule has 0 aromatic heterocycles. The van der Waals surface area contributed by atoms with Crippen molar-refractivity contribution in [3.63, 3.8) is 0 Å². The fourth-order valence-corrected chi connectivity index (χ4v) is 3.87. The first-order valence-electron chi connectivity index (χ1n) is 9.55. The highest BCUT2D eigenvalue weighted by Gasteiger charge is 2.51. The lowest BCUT2D eigenvalue weighted by atomic mass is 9.88. The van der Waals surface area contributed by atoms with E-state index in [0.717, 1.165) is 17.2 Å². The molecule has 3 aromatic rings. The third-order valence-corrected chi connectivity index (χ3v) is 5.53. The van der Waals surface area contributed by atoms with E-state index < -0.39 is 23.7 Å². The number of nitrogens with zero attached hydrogens (tertiary/aromatic N) is 1. The second-order valence-electron chi connectivity index (χ2n) is 7.50. The number of Topliss-reactive ketones (excluding diaryl/α,β-unsaturated/α-hetero) is 1. The van der Waals surface area contributed by atoms with Crippen molar-refractivity contribution in [3.05, 3.63) is 89.0 Å². The first-order chi connectivity index (χ1) is 14.3. The van der Waals surface area contributed by atoms with Crippen LogP contribution in [0.15, 0.2) is 66.7 Å². The Hall–Kier alpha value is -3.64. The molecule has 1 atom stereocenters. The molecule has 6 heteroatoms. The summed E-state index contributed by atoms with van der Waals surface area (Å²) in [5.41, 5.74) is 0.624. The molecule has 152 valence electrons. The van der Waals surface area contributed by atoms with Gasteiger partial charge in [-0.15, -0.1) is 0 Å². The standard InChI is InChI=1S/C24H21NO5/c1-15-6-2-3-7-16(15)14-25-20-9-5-4-8-19(20)24(30,23(25)29)13-22(28)18-12-17(26)10-11-21(18)27/h2-12,26-27,30H,13-14H2,1H3/t24-/m0/s1. The normalized spacial score (nSPS) is 17.8. The van der Waals surface area contributed by atoms with Gasteiger partial charge in [0.05, 0.1) is 24.2 Å². The van der Waals surface area contributed by atoms with E-state index in [1.54, 1.807) is 24.3 Å². The number of hydrogen-bond donors (Lipinski definition) is 3. The molecule has 0 aliphatic carbocycles. The number of phenols is 2. The molecule has 0 spiro atoms. The molecule has 0 saturated carbocycles. The van der Waals surface area contributed by atoms with Crippen molar-refractivity contribution in [1.82, 2.24) is 0 Å². The highest BCUT2D eigenvalue weighted by molar-refractivity contribution is 6.11. The number of aryl methyl sites for hydroxylation is 1. The topological polar surface area (TPSA) is 98.1 Å². The Morgan fingerprint density at radius 1 is 1.00 bits per heavy atom. The zero-order valence-corrected chi connectivity index (χ0v) is 16.4. The van der Waals surface area contributed by atoms with Crippen molar-refractivity contribution < 1.29 is 24.9 Å². The smallest absolute Gasteiger partial charge is 0.264 e. The zero-order valence-electron chi connectivity index (χ0n) is 16.4. The Morgan fingerprint density at radius 2 is 1.70 bits per heavy atom. The Balaban J connectivity index is 1.71. The largest absolute Gasteiger partial charge is 0.508 e. The summed E-state index contributed by atoms with van der Waals surface area (Å²) < 4.78 is 0. The number of benzene rings is 3. The zero-order chi connectivity index (χ0) is 21.5. The second-order valence-corrected chi connectivity index (χ2v) is 7.50. The van der Waals surface area contributed by atoms with Gasteiger partial charge >= 0.3 is 0 Å². The van der Waals surface area contributed by atoms with E-state index in [-0.39, 0.29) is 23.6 Å². The molecule has 3 aromatic carbocycles. The third kappa shape index (κ3) is 3.21. The number of hydrogen-bond acceptors (Lipinski definition) is 5. The number of ketones is 1. The number of amides is 1. The summed E-state index contributed by atoms with van der Waals surface area (Å²) >= 11 is 0. The molecule has 1 aliphatic heterocycles. The number of fused-ring (bicyclic) bond motifs is 1. The first-order valence-corrected chi connectivity index (χ1v) is 9.55. The summed E-state index contributed by atoms with van der Waals surface area (Å²) in [7, 11) is 0. The van der Waals surface area contributed by atoms with Gasteiger partial charge in [-0.2, -0.15) is 0 Å². The lowest BCUT2D eigenvalue weighted by Gasteiger charge is -2.23. The summed E-state index contributed by atoms with van der Waals surface area (Å²) in [4.78, 5) is 27.7. The predicted octanol–water partition coefficient (Wildman–Crippen LogP) is 3.41. The number of para-hydroxylation sites is 1. The van der Waals surface area contributed by atoms with E-state index in [1.165, 1.54) is 17.0 Å². The summed E-state index contributed by atoms with van der Waals surface area (Å²) in [6.45, 7) is 2.21. The van der Waals surface area contributed by atoms with Crippen LogP contribution < -0.4 is 4.90 Å². The van der Waals surface area contributed by atoms with Crippen molar-refractivity contribution in [2.24, 2.45) is 0 Å². The summed E-state index contributed by atoms with van der Waals surface area (Å²) in [6.07, 6.45) is -0.551. The van der Waals surface area contributed by atoms with Crippen LogP contribution in [0.5, 0.6) is 11.5 Å². The van der Waals surface area contributed by atoms with Crippen LogP contribution in [0.3, 0.4) is 0 Å². The van der Waals surface area contributed by atoms with E-state index in [2.05, 4.69) is 0 Å². The molecule has 3 N–H and O–H groups in total. The molecule has 1 heterocycles. The second kappa shape index (κ2) is 7.31. The quantitative estimate of drug-likeness (QED) is 0.448. The highest BCUT2D eigenvalue weighted by Crippen LogP contribution is 2.44. The minimum Gasteiger partial charge on any atom is -0.508 e. The predicted molar refractivity (Wildman–Crippen MR) is 111 cm³/mol. The monoisotopic (exact) mass is 403 g/mol. The van der Waals surface area contributed by atoms with Gasteiger partial charge in [-0.25, -0.2) is 0 Å². The summed E-state index contributed by atoms with van der Waals surface area (Å²) in [6, 6.07) is 18.1. The molecule has 4 rings (SSSR count). The SMILES string of the molecule is Cc1ccccc1CN1C(=O)[C@](O)(CC(=O)c2cc(O)ccc2O)c2ccccc21.